The molecule has 0 fully saturated rings. The maximum absolute atomic E-state index is 10.4. The topological polar surface area (TPSA) is 66.7 Å². The predicted octanol–water partition coefficient (Wildman–Crippen LogP) is 0.821. The highest BCUT2D eigenvalue weighted by Crippen LogP contribution is 2.20. The summed E-state index contributed by atoms with van der Waals surface area (Å²) in [5.41, 5.74) is -0.867. The minimum absolute atomic E-state index is 0.677. The van der Waals surface area contributed by atoms with E-state index in [1.54, 1.807) is 13.8 Å². The Morgan fingerprint density at radius 1 is 1.64 bits per heavy atom. The van der Waals surface area contributed by atoms with Gasteiger partial charge in [-0.1, -0.05) is 0 Å². The summed E-state index contributed by atoms with van der Waals surface area (Å²) in [6.07, 6.45) is 1.36. The van der Waals surface area contributed by atoms with Crippen LogP contribution in [0.3, 0.4) is 0 Å². The van der Waals surface area contributed by atoms with Gasteiger partial charge in [0.25, 0.3) is 0 Å². The fourth-order valence-electron chi connectivity index (χ4n) is 0.517. The van der Waals surface area contributed by atoms with Crippen LogP contribution in [0.4, 0.5) is 0 Å². The fraction of sp³-hybridized carbons (Fsp3) is 0.714. The number of isocyanates is 1. The molecule has 0 amide bonds. The summed E-state index contributed by atoms with van der Waals surface area (Å²) in [5.74, 6) is -1.64. The summed E-state index contributed by atoms with van der Waals surface area (Å²) >= 11 is 0. The number of hydrogen-bond acceptors (Lipinski definition) is 3. The maximum Gasteiger partial charge on any atom is 0.308 e. The van der Waals surface area contributed by atoms with Crippen molar-refractivity contribution in [1.29, 1.82) is 0 Å². The molecular formula is C7H11NO3. The Morgan fingerprint density at radius 2 is 2.09 bits per heavy atom. The molecule has 1 atom stereocenters. The highest BCUT2D eigenvalue weighted by Gasteiger charge is 2.30. The molecule has 11 heavy (non-hydrogen) atoms. The van der Waals surface area contributed by atoms with E-state index in [1.165, 1.54) is 13.0 Å². The van der Waals surface area contributed by atoms with Crippen molar-refractivity contribution in [1.82, 2.24) is 0 Å². The Labute approximate surface area is 64.9 Å². The van der Waals surface area contributed by atoms with Crippen LogP contribution in [0.15, 0.2) is 4.99 Å². The molecule has 0 aromatic carbocycles. The average molecular weight is 157 g/mol. The van der Waals surface area contributed by atoms with Gasteiger partial charge in [-0.15, -0.1) is 0 Å². The first kappa shape index (κ1) is 9.85. The van der Waals surface area contributed by atoms with Gasteiger partial charge in [-0.25, -0.2) is 4.79 Å². The summed E-state index contributed by atoms with van der Waals surface area (Å²) in [7, 11) is 0. The molecule has 62 valence electrons. The first-order chi connectivity index (χ1) is 4.91. The molecule has 0 radical (unpaired) electrons. The van der Waals surface area contributed by atoms with Crippen molar-refractivity contribution in [3.05, 3.63) is 0 Å². The van der Waals surface area contributed by atoms with E-state index in [9.17, 15) is 9.59 Å². The third-order valence-corrected chi connectivity index (χ3v) is 1.76. The number of aliphatic imine (C=N–C) groups is 1. The minimum atomic E-state index is -0.964. The second-order valence-electron chi connectivity index (χ2n) is 2.92. The molecule has 0 rings (SSSR count). The van der Waals surface area contributed by atoms with Crippen molar-refractivity contribution in [2.24, 2.45) is 10.9 Å². The van der Waals surface area contributed by atoms with Crippen LogP contribution in [0.25, 0.3) is 0 Å². The minimum Gasteiger partial charge on any atom is -0.481 e. The third-order valence-electron chi connectivity index (χ3n) is 1.76. The van der Waals surface area contributed by atoms with Gasteiger partial charge >= 0.3 is 5.97 Å². The summed E-state index contributed by atoms with van der Waals surface area (Å²) < 4.78 is 0. The molecule has 0 bridgehead atoms. The van der Waals surface area contributed by atoms with Crippen LogP contribution in [-0.4, -0.2) is 22.7 Å². The van der Waals surface area contributed by atoms with Crippen molar-refractivity contribution in [3.8, 4) is 0 Å². The Bertz CT molecular complexity index is 204. The maximum atomic E-state index is 10.4. The zero-order valence-corrected chi connectivity index (χ0v) is 6.79. The highest BCUT2D eigenvalue weighted by molar-refractivity contribution is 5.71. The summed E-state index contributed by atoms with van der Waals surface area (Å²) in [4.78, 5) is 23.7. The van der Waals surface area contributed by atoms with Crippen LogP contribution in [0.5, 0.6) is 0 Å². The molecule has 0 spiro atoms. The van der Waals surface area contributed by atoms with Gasteiger partial charge in [-0.2, -0.15) is 4.99 Å². The number of nitrogens with zero attached hydrogens (tertiary/aromatic N) is 1. The average Bonchev–Trinajstić information content (AvgIpc) is 1.86. The lowest BCUT2D eigenvalue weighted by atomic mass is 9.90. The lowest BCUT2D eigenvalue weighted by Crippen LogP contribution is -2.32. The molecule has 1 unspecified atom stereocenters. The Hall–Kier alpha value is -1.15. The van der Waals surface area contributed by atoms with Crippen molar-refractivity contribution in [2.45, 2.75) is 26.3 Å². The van der Waals surface area contributed by atoms with E-state index >= 15 is 0 Å². The Kier molecular flexibility index (Phi) is 2.96. The zero-order chi connectivity index (χ0) is 9.07. The van der Waals surface area contributed by atoms with Gasteiger partial charge in [0.2, 0.25) is 6.08 Å². The van der Waals surface area contributed by atoms with Crippen LogP contribution < -0.4 is 0 Å². The van der Waals surface area contributed by atoms with Gasteiger partial charge < -0.3 is 5.11 Å². The van der Waals surface area contributed by atoms with Crippen LogP contribution >= 0.6 is 0 Å². The largest absolute Gasteiger partial charge is 0.481 e. The summed E-state index contributed by atoms with van der Waals surface area (Å²) in [5, 5.41) is 8.55. The molecule has 4 nitrogen and oxygen atoms in total. The smallest absolute Gasteiger partial charge is 0.308 e. The number of carbonyl (C=O) groups excluding carboxylic acids is 1. The normalized spacial score (nSPS) is 13.4. The van der Waals surface area contributed by atoms with E-state index < -0.39 is 17.4 Å². The van der Waals surface area contributed by atoms with Gasteiger partial charge in [0.1, 0.15) is 0 Å². The Balaban J connectivity index is 4.54. The van der Waals surface area contributed by atoms with Gasteiger partial charge in [0.05, 0.1) is 11.5 Å². The molecule has 0 aromatic rings. The third kappa shape index (κ3) is 2.51. The van der Waals surface area contributed by atoms with Crippen LogP contribution in [0.1, 0.15) is 20.8 Å². The summed E-state index contributed by atoms with van der Waals surface area (Å²) in [6.45, 7) is 4.66. The van der Waals surface area contributed by atoms with Gasteiger partial charge in [-0.05, 0) is 20.8 Å². The van der Waals surface area contributed by atoms with Crippen LogP contribution in [0, 0.1) is 5.92 Å². The first-order valence-corrected chi connectivity index (χ1v) is 3.23. The molecule has 4 heteroatoms. The van der Waals surface area contributed by atoms with Crippen LogP contribution in [-0.2, 0) is 9.59 Å². The number of rotatable bonds is 3. The number of carbonyl (C=O) groups is 1. The predicted molar refractivity (Wildman–Crippen MR) is 39.0 cm³/mol. The fourth-order valence-corrected chi connectivity index (χ4v) is 0.517. The molecule has 0 aliphatic heterocycles. The van der Waals surface area contributed by atoms with E-state index in [-0.39, 0.29) is 0 Å². The first-order valence-electron chi connectivity index (χ1n) is 3.23. The quantitative estimate of drug-likeness (QED) is 0.487. The standard InChI is InChI=1S/C7H11NO3/c1-5(6(10)11)7(2,3)8-4-9/h5H,1-3H3,(H,10,11). The molecule has 0 aliphatic rings. The van der Waals surface area contributed by atoms with Gasteiger partial charge in [0, 0.05) is 0 Å². The van der Waals surface area contributed by atoms with E-state index in [0.29, 0.717) is 0 Å². The zero-order valence-electron chi connectivity index (χ0n) is 6.79. The van der Waals surface area contributed by atoms with Gasteiger partial charge in [-0.3, -0.25) is 4.79 Å². The number of carboxylic acids is 1. The van der Waals surface area contributed by atoms with Crippen molar-refractivity contribution in [2.75, 3.05) is 0 Å². The second-order valence-corrected chi connectivity index (χ2v) is 2.92. The molecular weight excluding hydrogens is 146 g/mol. The summed E-state index contributed by atoms with van der Waals surface area (Å²) in [6, 6.07) is 0. The molecule has 1 N–H and O–H groups in total. The highest BCUT2D eigenvalue weighted by atomic mass is 16.4. The molecule has 0 aromatic heterocycles. The van der Waals surface area contributed by atoms with E-state index in [1.807, 2.05) is 0 Å². The monoisotopic (exact) mass is 157 g/mol. The molecule has 0 saturated heterocycles. The number of aliphatic carboxylic acids is 1. The Morgan fingerprint density at radius 3 is 2.36 bits per heavy atom. The van der Waals surface area contributed by atoms with E-state index in [2.05, 4.69) is 4.99 Å². The molecule has 0 saturated carbocycles. The van der Waals surface area contributed by atoms with Gasteiger partial charge in [0.15, 0.2) is 0 Å². The van der Waals surface area contributed by atoms with E-state index in [4.69, 9.17) is 5.11 Å². The van der Waals surface area contributed by atoms with Crippen molar-refractivity contribution in [3.63, 3.8) is 0 Å². The van der Waals surface area contributed by atoms with Crippen molar-refractivity contribution < 1.29 is 14.7 Å². The van der Waals surface area contributed by atoms with Crippen molar-refractivity contribution >= 4 is 12.0 Å². The number of hydrogen-bond donors (Lipinski definition) is 1. The van der Waals surface area contributed by atoms with E-state index in [0.717, 1.165) is 0 Å². The molecule has 0 heterocycles. The lowest BCUT2D eigenvalue weighted by Gasteiger charge is -2.21. The van der Waals surface area contributed by atoms with Crippen LogP contribution in [0.2, 0.25) is 0 Å². The number of carboxylic acid groups (broad SMARTS) is 1. The molecule has 0 aliphatic carbocycles. The second kappa shape index (κ2) is 3.30. The lowest BCUT2D eigenvalue weighted by molar-refractivity contribution is -0.142. The SMILES string of the molecule is CC(C(=O)O)C(C)(C)N=C=O.